The molecule has 0 fully saturated rings. The fourth-order valence-corrected chi connectivity index (χ4v) is 3.74. The molecule has 0 radical (unpaired) electrons. The number of nitrogens with one attached hydrogen (secondary N) is 1. The van der Waals surface area contributed by atoms with Crippen LogP contribution >= 0.6 is 11.3 Å². The Hall–Kier alpha value is -3.25. The molecule has 0 saturated heterocycles. The van der Waals surface area contributed by atoms with Gasteiger partial charge in [-0.1, -0.05) is 42.0 Å². The van der Waals surface area contributed by atoms with E-state index in [9.17, 15) is 9.90 Å². The van der Waals surface area contributed by atoms with E-state index in [-0.39, 0.29) is 5.56 Å². The predicted octanol–water partition coefficient (Wildman–Crippen LogP) is 5.11. The lowest BCUT2D eigenvalue weighted by Crippen LogP contribution is -2.03. The van der Waals surface area contributed by atoms with Crippen LogP contribution in [0.2, 0.25) is 0 Å². The monoisotopic (exact) mass is 361 g/mol. The quantitative estimate of drug-likeness (QED) is 0.528. The van der Waals surface area contributed by atoms with Crippen LogP contribution in [-0.4, -0.2) is 21.0 Å². The van der Waals surface area contributed by atoms with E-state index < -0.39 is 5.97 Å². The zero-order valence-electron chi connectivity index (χ0n) is 13.9. The summed E-state index contributed by atoms with van der Waals surface area (Å²) in [5.41, 5.74) is 4.00. The number of carbonyl (C=O) groups is 1. The first-order valence-electron chi connectivity index (χ1n) is 8.02. The summed E-state index contributed by atoms with van der Waals surface area (Å²) in [5, 5.41) is 15.5. The average Bonchev–Trinajstić information content (AvgIpc) is 3.08. The molecule has 0 aliphatic rings. The highest BCUT2D eigenvalue weighted by Gasteiger charge is 2.15. The number of nitrogens with zero attached hydrogens (tertiary/aromatic N) is 2. The first-order chi connectivity index (χ1) is 12.6. The number of aryl methyl sites for hydroxylation is 1. The Morgan fingerprint density at radius 3 is 2.62 bits per heavy atom. The molecule has 0 unspecified atom stereocenters. The van der Waals surface area contributed by atoms with Crippen molar-refractivity contribution in [3.63, 3.8) is 0 Å². The van der Waals surface area contributed by atoms with Crippen LogP contribution in [0.15, 0.2) is 60.2 Å². The molecule has 5 nitrogen and oxygen atoms in total. The van der Waals surface area contributed by atoms with E-state index in [0.717, 1.165) is 21.3 Å². The molecule has 2 aromatic carbocycles. The molecule has 26 heavy (non-hydrogen) atoms. The van der Waals surface area contributed by atoms with Gasteiger partial charge in [-0.05, 0) is 24.6 Å². The SMILES string of the molecule is Cc1ccc(-c2csc3ncnc(Nc4ccccc4C(=O)O)c23)cc1. The number of hydrogen-bond acceptors (Lipinski definition) is 5. The van der Waals surface area contributed by atoms with Gasteiger partial charge in [-0.2, -0.15) is 0 Å². The van der Waals surface area contributed by atoms with Gasteiger partial charge in [-0.15, -0.1) is 11.3 Å². The van der Waals surface area contributed by atoms with Crippen LogP contribution in [0.1, 0.15) is 15.9 Å². The number of carboxylic acids is 1. The van der Waals surface area contributed by atoms with E-state index in [4.69, 9.17) is 0 Å². The number of benzene rings is 2. The van der Waals surface area contributed by atoms with Crippen LogP contribution in [-0.2, 0) is 0 Å². The predicted molar refractivity (Wildman–Crippen MR) is 104 cm³/mol. The summed E-state index contributed by atoms with van der Waals surface area (Å²) < 4.78 is 0. The van der Waals surface area contributed by atoms with E-state index in [1.54, 1.807) is 35.6 Å². The molecule has 0 bridgehead atoms. The molecular weight excluding hydrogens is 346 g/mol. The van der Waals surface area contributed by atoms with Crippen molar-refractivity contribution in [1.82, 2.24) is 9.97 Å². The Labute approximate surface area is 154 Å². The summed E-state index contributed by atoms with van der Waals surface area (Å²) in [5.74, 6) is -0.386. The van der Waals surface area contributed by atoms with Crippen LogP contribution in [0.3, 0.4) is 0 Å². The number of carboxylic acid groups (broad SMARTS) is 1. The van der Waals surface area contributed by atoms with E-state index in [1.807, 2.05) is 0 Å². The highest BCUT2D eigenvalue weighted by molar-refractivity contribution is 7.17. The fourth-order valence-electron chi connectivity index (χ4n) is 2.82. The number of para-hydroxylation sites is 1. The van der Waals surface area contributed by atoms with Gasteiger partial charge in [0.1, 0.15) is 17.0 Å². The number of thiophene rings is 1. The summed E-state index contributed by atoms with van der Waals surface area (Å²) in [7, 11) is 0. The maximum atomic E-state index is 11.5. The Balaban J connectivity index is 1.85. The molecule has 0 amide bonds. The molecule has 2 heterocycles. The lowest BCUT2D eigenvalue weighted by Gasteiger charge is -2.10. The van der Waals surface area contributed by atoms with Gasteiger partial charge in [0.15, 0.2) is 0 Å². The largest absolute Gasteiger partial charge is 0.478 e. The number of aromatic nitrogens is 2. The summed E-state index contributed by atoms with van der Waals surface area (Å²) in [4.78, 5) is 21.1. The first kappa shape index (κ1) is 16.2. The van der Waals surface area contributed by atoms with Crippen molar-refractivity contribution in [2.45, 2.75) is 6.92 Å². The topological polar surface area (TPSA) is 75.1 Å². The Morgan fingerprint density at radius 1 is 1.08 bits per heavy atom. The van der Waals surface area contributed by atoms with Gasteiger partial charge in [0.2, 0.25) is 0 Å². The number of hydrogen-bond donors (Lipinski definition) is 2. The maximum absolute atomic E-state index is 11.5. The van der Waals surface area contributed by atoms with Gasteiger partial charge < -0.3 is 10.4 Å². The molecule has 6 heteroatoms. The number of rotatable bonds is 4. The van der Waals surface area contributed by atoms with Crippen LogP contribution in [0.5, 0.6) is 0 Å². The number of fused-ring (bicyclic) bond motifs is 1. The van der Waals surface area contributed by atoms with E-state index in [1.165, 1.54) is 11.9 Å². The zero-order valence-corrected chi connectivity index (χ0v) is 14.7. The van der Waals surface area contributed by atoms with Crippen molar-refractivity contribution >= 4 is 39.0 Å². The Kier molecular flexibility index (Phi) is 4.10. The minimum absolute atomic E-state index is 0.200. The minimum atomic E-state index is -0.984. The second kappa shape index (κ2) is 6.57. The van der Waals surface area contributed by atoms with Crippen LogP contribution < -0.4 is 5.32 Å². The molecule has 0 atom stereocenters. The van der Waals surface area contributed by atoms with Crippen molar-refractivity contribution in [1.29, 1.82) is 0 Å². The van der Waals surface area contributed by atoms with Crippen molar-refractivity contribution < 1.29 is 9.90 Å². The smallest absolute Gasteiger partial charge is 0.337 e. The summed E-state index contributed by atoms with van der Waals surface area (Å²) in [6.07, 6.45) is 1.49. The molecule has 4 rings (SSSR count). The third-order valence-electron chi connectivity index (χ3n) is 4.14. The molecule has 0 aliphatic heterocycles. The molecule has 0 saturated carbocycles. The molecule has 2 N–H and O–H groups in total. The standard InChI is InChI=1S/C20H15N3O2S/c1-12-6-8-13(9-7-12)15-10-26-19-17(15)18(21-11-22-19)23-16-5-3-2-4-14(16)20(24)25/h2-11H,1H3,(H,24,25)(H,21,22,23). The average molecular weight is 361 g/mol. The van der Waals surface area contributed by atoms with Crippen LogP contribution in [0.25, 0.3) is 21.3 Å². The fraction of sp³-hybridized carbons (Fsp3) is 0.0500. The second-order valence-electron chi connectivity index (χ2n) is 5.89. The van der Waals surface area contributed by atoms with Gasteiger partial charge >= 0.3 is 5.97 Å². The van der Waals surface area contributed by atoms with Crippen molar-refractivity contribution in [2.24, 2.45) is 0 Å². The number of anilines is 2. The molecule has 2 aromatic heterocycles. The highest BCUT2D eigenvalue weighted by atomic mass is 32.1. The van der Waals surface area contributed by atoms with Crippen LogP contribution in [0.4, 0.5) is 11.5 Å². The van der Waals surface area contributed by atoms with E-state index >= 15 is 0 Å². The van der Waals surface area contributed by atoms with Crippen molar-refractivity contribution in [3.05, 3.63) is 71.4 Å². The minimum Gasteiger partial charge on any atom is -0.478 e. The van der Waals surface area contributed by atoms with Gasteiger partial charge in [0.05, 0.1) is 16.6 Å². The van der Waals surface area contributed by atoms with Gasteiger partial charge in [-0.25, -0.2) is 14.8 Å². The first-order valence-corrected chi connectivity index (χ1v) is 8.90. The molecule has 0 aliphatic carbocycles. The highest BCUT2D eigenvalue weighted by Crippen LogP contribution is 2.37. The van der Waals surface area contributed by atoms with E-state index in [2.05, 4.69) is 51.9 Å². The lowest BCUT2D eigenvalue weighted by atomic mass is 10.0. The van der Waals surface area contributed by atoms with Gasteiger partial charge in [0.25, 0.3) is 0 Å². The molecule has 128 valence electrons. The Bertz CT molecular complexity index is 1100. The third-order valence-corrected chi connectivity index (χ3v) is 5.03. The summed E-state index contributed by atoms with van der Waals surface area (Å²) in [6.45, 7) is 2.05. The maximum Gasteiger partial charge on any atom is 0.337 e. The van der Waals surface area contributed by atoms with E-state index in [0.29, 0.717) is 11.5 Å². The normalized spacial score (nSPS) is 10.8. The van der Waals surface area contributed by atoms with Crippen molar-refractivity contribution in [3.8, 4) is 11.1 Å². The molecule has 0 spiro atoms. The van der Waals surface area contributed by atoms with Gasteiger partial charge in [-0.3, -0.25) is 0 Å². The summed E-state index contributed by atoms with van der Waals surface area (Å²) in [6, 6.07) is 15.1. The Morgan fingerprint density at radius 2 is 1.85 bits per heavy atom. The molecular formula is C20H15N3O2S. The zero-order chi connectivity index (χ0) is 18.1. The van der Waals surface area contributed by atoms with Crippen LogP contribution in [0, 0.1) is 6.92 Å². The second-order valence-corrected chi connectivity index (χ2v) is 6.75. The van der Waals surface area contributed by atoms with Crippen molar-refractivity contribution in [2.75, 3.05) is 5.32 Å². The lowest BCUT2D eigenvalue weighted by molar-refractivity contribution is 0.0698. The number of aromatic carboxylic acids is 1. The molecule has 4 aromatic rings. The van der Waals surface area contributed by atoms with Gasteiger partial charge in [0, 0.05) is 10.9 Å². The third kappa shape index (κ3) is 2.91. The summed E-state index contributed by atoms with van der Waals surface area (Å²) >= 11 is 1.54.